The Morgan fingerprint density at radius 3 is 2.24 bits per heavy atom. The zero-order chi connectivity index (χ0) is 15.6. The Labute approximate surface area is 122 Å². The van der Waals surface area contributed by atoms with Crippen LogP contribution in [0.2, 0.25) is 0 Å². The maximum Gasteiger partial charge on any atom is 0.131 e. The van der Waals surface area contributed by atoms with Crippen molar-refractivity contribution in [2.75, 3.05) is 6.54 Å². The molecule has 2 rings (SSSR count). The number of halogens is 3. The Morgan fingerprint density at radius 1 is 0.905 bits per heavy atom. The van der Waals surface area contributed by atoms with Crippen molar-refractivity contribution in [3.63, 3.8) is 0 Å². The summed E-state index contributed by atoms with van der Waals surface area (Å²) < 4.78 is 41.6. The lowest BCUT2D eigenvalue weighted by atomic mass is 9.95. The molecular formula is C17H18F3N. The van der Waals surface area contributed by atoms with E-state index >= 15 is 0 Å². The summed E-state index contributed by atoms with van der Waals surface area (Å²) in [6.45, 7) is 5.80. The van der Waals surface area contributed by atoms with Gasteiger partial charge in [-0.1, -0.05) is 24.6 Å². The molecule has 1 atom stereocenters. The highest BCUT2D eigenvalue weighted by atomic mass is 19.1. The molecule has 0 saturated heterocycles. The summed E-state index contributed by atoms with van der Waals surface area (Å²) in [7, 11) is 0. The first-order valence-corrected chi connectivity index (χ1v) is 6.89. The van der Waals surface area contributed by atoms with E-state index in [2.05, 4.69) is 5.32 Å². The lowest BCUT2D eigenvalue weighted by Gasteiger charge is -2.21. The largest absolute Gasteiger partial charge is 0.306 e. The quantitative estimate of drug-likeness (QED) is 0.880. The van der Waals surface area contributed by atoms with E-state index < -0.39 is 23.5 Å². The molecule has 0 radical (unpaired) electrons. The number of hydrogen-bond donors (Lipinski definition) is 1. The Balaban J connectivity index is 2.58. The van der Waals surface area contributed by atoms with E-state index in [1.807, 2.05) is 13.8 Å². The van der Waals surface area contributed by atoms with E-state index in [1.165, 1.54) is 12.1 Å². The van der Waals surface area contributed by atoms with Gasteiger partial charge < -0.3 is 5.32 Å². The molecule has 0 saturated carbocycles. The fraction of sp³-hybridized carbons (Fsp3) is 0.294. The van der Waals surface area contributed by atoms with Crippen molar-refractivity contribution in [2.24, 2.45) is 0 Å². The zero-order valence-corrected chi connectivity index (χ0v) is 12.3. The number of aryl methyl sites for hydroxylation is 2. The summed E-state index contributed by atoms with van der Waals surface area (Å²) in [4.78, 5) is 0. The van der Waals surface area contributed by atoms with Gasteiger partial charge in [0.25, 0.3) is 0 Å². The Hall–Kier alpha value is -1.81. The van der Waals surface area contributed by atoms with Crippen LogP contribution in [0.25, 0.3) is 0 Å². The lowest BCUT2D eigenvalue weighted by Crippen LogP contribution is -2.24. The summed E-state index contributed by atoms with van der Waals surface area (Å²) in [6.07, 6.45) is 0. The average molecular weight is 293 g/mol. The van der Waals surface area contributed by atoms with Crippen LogP contribution in [0.5, 0.6) is 0 Å². The predicted octanol–water partition coefficient (Wildman–Crippen LogP) is 4.42. The molecule has 1 unspecified atom stereocenters. The fourth-order valence-electron chi connectivity index (χ4n) is 2.38. The zero-order valence-electron chi connectivity index (χ0n) is 12.3. The molecule has 0 aliphatic heterocycles. The van der Waals surface area contributed by atoms with E-state index in [0.29, 0.717) is 17.7 Å². The van der Waals surface area contributed by atoms with E-state index in [-0.39, 0.29) is 5.56 Å². The van der Waals surface area contributed by atoms with Crippen molar-refractivity contribution < 1.29 is 13.2 Å². The van der Waals surface area contributed by atoms with Crippen molar-refractivity contribution in [1.29, 1.82) is 0 Å². The van der Waals surface area contributed by atoms with Gasteiger partial charge in [0.2, 0.25) is 0 Å². The third-order valence-electron chi connectivity index (χ3n) is 3.46. The molecule has 4 heteroatoms. The summed E-state index contributed by atoms with van der Waals surface area (Å²) in [5.74, 6) is -1.69. The molecule has 1 nitrogen and oxygen atoms in total. The van der Waals surface area contributed by atoms with Crippen LogP contribution in [0.1, 0.15) is 35.2 Å². The third kappa shape index (κ3) is 3.27. The molecule has 0 spiro atoms. The van der Waals surface area contributed by atoms with Crippen LogP contribution in [0, 0.1) is 31.3 Å². The van der Waals surface area contributed by atoms with Crippen molar-refractivity contribution >= 4 is 0 Å². The van der Waals surface area contributed by atoms with Gasteiger partial charge >= 0.3 is 0 Å². The predicted molar refractivity (Wildman–Crippen MR) is 77.8 cm³/mol. The first-order valence-electron chi connectivity index (χ1n) is 6.89. The molecule has 2 aromatic rings. The summed E-state index contributed by atoms with van der Waals surface area (Å²) >= 11 is 0. The maximum atomic E-state index is 14.1. The van der Waals surface area contributed by atoms with Gasteiger partial charge in [0.1, 0.15) is 17.5 Å². The fourth-order valence-corrected chi connectivity index (χ4v) is 2.38. The summed E-state index contributed by atoms with van der Waals surface area (Å²) in [5.41, 5.74) is 1.83. The number of hydrogen-bond acceptors (Lipinski definition) is 1. The van der Waals surface area contributed by atoms with E-state index in [9.17, 15) is 13.2 Å². The Bertz CT molecular complexity index is 653. The van der Waals surface area contributed by atoms with Crippen LogP contribution in [0.4, 0.5) is 13.2 Å². The topological polar surface area (TPSA) is 12.0 Å². The standard InChI is InChI=1S/C17H18F3N/c1-4-21-17(12-7-10(2)5-6-14(12)18)13-8-11(3)15(19)9-16(13)20/h5-9,17,21H,4H2,1-3H3. The number of benzene rings is 2. The first kappa shape index (κ1) is 15.6. The molecule has 112 valence electrons. The van der Waals surface area contributed by atoms with Crippen molar-refractivity contribution in [3.05, 3.63) is 70.0 Å². The first-order chi connectivity index (χ1) is 9.93. The van der Waals surface area contributed by atoms with E-state index in [4.69, 9.17) is 0 Å². The average Bonchev–Trinajstić information content (AvgIpc) is 2.43. The highest BCUT2D eigenvalue weighted by Crippen LogP contribution is 2.29. The molecule has 0 aromatic heterocycles. The van der Waals surface area contributed by atoms with Gasteiger partial charge in [-0.3, -0.25) is 0 Å². The molecule has 0 fully saturated rings. The second-order valence-electron chi connectivity index (χ2n) is 5.14. The van der Waals surface area contributed by atoms with Crippen LogP contribution in [-0.4, -0.2) is 6.54 Å². The highest BCUT2D eigenvalue weighted by Gasteiger charge is 2.21. The van der Waals surface area contributed by atoms with Crippen molar-refractivity contribution in [1.82, 2.24) is 5.32 Å². The lowest BCUT2D eigenvalue weighted by molar-refractivity contribution is 0.519. The highest BCUT2D eigenvalue weighted by molar-refractivity contribution is 5.37. The molecule has 0 amide bonds. The smallest absolute Gasteiger partial charge is 0.131 e. The van der Waals surface area contributed by atoms with Gasteiger partial charge in [-0.15, -0.1) is 0 Å². The minimum Gasteiger partial charge on any atom is -0.306 e. The molecular weight excluding hydrogens is 275 g/mol. The van der Waals surface area contributed by atoms with Gasteiger partial charge in [0, 0.05) is 17.2 Å². The van der Waals surface area contributed by atoms with Gasteiger partial charge in [-0.2, -0.15) is 0 Å². The minimum absolute atomic E-state index is 0.250. The van der Waals surface area contributed by atoms with Gasteiger partial charge in [-0.25, -0.2) is 13.2 Å². The van der Waals surface area contributed by atoms with Gasteiger partial charge in [0.05, 0.1) is 6.04 Å². The summed E-state index contributed by atoms with van der Waals surface area (Å²) in [5, 5.41) is 3.07. The monoisotopic (exact) mass is 293 g/mol. The van der Waals surface area contributed by atoms with Crippen LogP contribution in [-0.2, 0) is 0 Å². The SMILES string of the molecule is CCNC(c1cc(C)ccc1F)c1cc(C)c(F)cc1F. The Morgan fingerprint density at radius 2 is 1.57 bits per heavy atom. The van der Waals surface area contributed by atoms with Crippen LogP contribution < -0.4 is 5.32 Å². The van der Waals surface area contributed by atoms with Gasteiger partial charge in [0.15, 0.2) is 0 Å². The molecule has 1 N–H and O–H groups in total. The minimum atomic E-state index is -0.676. The van der Waals surface area contributed by atoms with Crippen molar-refractivity contribution in [2.45, 2.75) is 26.8 Å². The van der Waals surface area contributed by atoms with E-state index in [1.54, 1.807) is 19.1 Å². The molecule has 0 bridgehead atoms. The van der Waals surface area contributed by atoms with Gasteiger partial charge in [-0.05, 0) is 38.1 Å². The maximum absolute atomic E-state index is 14.1. The van der Waals surface area contributed by atoms with Crippen molar-refractivity contribution in [3.8, 4) is 0 Å². The second kappa shape index (κ2) is 6.31. The van der Waals surface area contributed by atoms with Crippen LogP contribution in [0.3, 0.4) is 0 Å². The van der Waals surface area contributed by atoms with E-state index in [0.717, 1.165) is 11.6 Å². The number of nitrogens with one attached hydrogen (secondary N) is 1. The molecule has 0 heterocycles. The Kier molecular flexibility index (Phi) is 4.68. The van der Waals surface area contributed by atoms with Crippen LogP contribution in [0.15, 0.2) is 30.3 Å². The number of rotatable bonds is 4. The summed E-state index contributed by atoms with van der Waals surface area (Å²) in [6, 6.07) is 6.34. The third-order valence-corrected chi connectivity index (χ3v) is 3.46. The normalized spacial score (nSPS) is 12.5. The molecule has 2 aromatic carbocycles. The molecule has 0 aliphatic carbocycles. The van der Waals surface area contributed by atoms with Crippen LogP contribution >= 0.6 is 0 Å². The second-order valence-corrected chi connectivity index (χ2v) is 5.14. The molecule has 0 aliphatic rings. The molecule has 21 heavy (non-hydrogen) atoms.